The van der Waals surface area contributed by atoms with E-state index in [9.17, 15) is 0 Å². The summed E-state index contributed by atoms with van der Waals surface area (Å²) in [4.78, 5) is 8.56. The zero-order chi connectivity index (χ0) is 17.4. The normalized spacial score (nSPS) is 39.4. The van der Waals surface area contributed by atoms with Crippen molar-refractivity contribution in [1.82, 2.24) is 20.0 Å². The summed E-state index contributed by atoms with van der Waals surface area (Å²) in [5.41, 5.74) is 0. The minimum Gasteiger partial charge on any atom is -0.312 e. The minimum atomic E-state index is 0.706. The van der Waals surface area contributed by atoms with Crippen LogP contribution in [0.1, 0.15) is 65.7 Å². The molecule has 0 saturated carbocycles. The van der Waals surface area contributed by atoms with E-state index in [2.05, 4.69) is 40.8 Å². The molecule has 4 rings (SSSR count). The number of nitrogens with one attached hydrogen (secondary N) is 1. The molecule has 1 N–H and O–H groups in total. The first-order chi connectivity index (χ1) is 12.1. The van der Waals surface area contributed by atoms with E-state index in [1.807, 2.05) is 0 Å². The predicted molar refractivity (Wildman–Crippen MR) is 105 cm³/mol. The second-order valence-electron chi connectivity index (χ2n) is 9.39. The molecule has 0 spiro atoms. The van der Waals surface area contributed by atoms with Gasteiger partial charge in [0.1, 0.15) is 0 Å². The zero-order valence-electron chi connectivity index (χ0n) is 16.8. The van der Waals surface area contributed by atoms with Gasteiger partial charge in [-0.3, -0.25) is 14.7 Å². The number of fused-ring (bicyclic) bond motifs is 2. The standard InChI is InChI=1S/C21H40N4/c1-16(2)24-13-6-8-20-21(24)9-5-12-23(20)15-17(3)25-14-4-7-18-19(25)10-11-22-18/h16-22H,4-15H2,1-3H3. The van der Waals surface area contributed by atoms with Gasteiger partial charge in [-0.15, -0.1) is 0 Å². The van der Waals surface area contributed by atoms with E-state index in [1.54, 1.807) is 0 Å². The number of hydrogen-bond acceptors (Lipinski definition) is 4. The summed E-state index contributed by atoms with van der Waals surface area (Å²) < 4.78 is 0. The Morgan fingerprint density at radius 2 is 1.52 bits per heavy atom. The van der Waals surface area contributed by atoms with Gasteiger partial charge in [0.25, 0.3) is 0 Å². The van der Waals surface area contributed by atoms with Gasteiger partial charge in [-0.2, -0.15) is 0 Å². The van der Waals surface area contributed by atoms with Gasteiger partial charge in [0.05, 0.1) is 0 Å². The zero-order valence-corrected chi connectivity index (χ0v) is 16.8. The van der Waals surface area contributed by atoms with Gasteiger partial charge in [0.2, 0.25) is 0 Å². The van der Waals surface area contributed by atoms with Crippen molar-refractivity contribution in [2.75, 3.05) is 32.7 Å². The summed E-state index contributed by atoms with van der Waals surface area (Å²) in [6.07, 6.45) is 9.77. The molecule has 4 aliphatic rings. The van der Waals surface area contributed by atoms with Gasteiger partial charge in [-0.1, -0.05) is 0 Å². The molecule has 0 aromatic heterocycles. The molecule has 0 aromatic carbocycles. The van der Waals surface area contributed by atoms with E-state index in [0.29, 0.717) is 12.1 Å². The summed E-state index contributed by atoms with van der Waals surface area (Å²) in [6, 6.07) is 4.63. The second kappa shape index (κ2) is 7.84. The highest BCUT2D eigenvalue weighted by molar-refractivity contribution is 4.99. The third-order valence-electron chi connectivity index (χ3n) is 7.60. The van der Waals surface area contributed by atoms with Gasteiger partial charge in [-0.25, -0.2) is 0 Å². The molecule has 4 aliphatic heterocycles. The van der Waals surface area contributed by atoms with Crippen LogP contribution in [0.25, 0.3) is 0 Å². The molecule has 4 saturated heterocycles. The molecule has 4 nitrogen and oxygen atoms in total. The lowest BCUT2D eigenvalue weighted by molar-refractivity contribution is -0.0248. The molecule has 25 heavy (non-hydrogen) atoms. The van der Waals surface area contributed by atoms with E-state index < -0.39 is 0 Å². The van der Waals surface area contributed by atoms with Crippen molar-refractivity contribution in [3.05, 3.63) is 0 Å². The second-order valence-corrected chi connectivity index (χ2v) is 9.39. The quantitative estimate of drug-likeness (QED) is 0.843. The average Bonchev–Trinajstić information content (AvgIpc) is 3.10. The van der Waals surface area contributed by atoms with Gasteiger partial charge < -0.3 is 5.32 Å². The molecule has 0 amide bonds. The summed E-state index contributed by atoms with van der Waals surface area (Å²) in [6.45, 7) is 13.8. The number of likely N-dealkylation sites (tertiary alicyclic amines) is 3. The van der Waals surface area contributed by atoms with Crippen LogP contribution < -0.4 is 5.32 Å². The highest BCUT2D eigenvalue weighted by Crippen LogP contribution is 2.32. The molecule has 0 radical (unpaired) electrons. The lowest BCUT2D eigenvalue weighted by Gasteiger charge is -2.52. The van der Waals surface area contributed by atoms with E-state index in [0.717, 1.165) is 24.2 Å². The van der Waals surface area contributed by atoms with Gasteiger partial charge in [-0.05, 0) is 91.9 Å². The van der Waals surface area contributed by atoms with Gasteiger partial charge in [0, 0.05) is 42.8 Å². The monoisotopic (exact) mass is 348 g/mol. The molecular formula is C21H40N4. The van der Waals surface area contributed by atoms with Crippen LogP contribution in [0.5, 0.6) is 0 Å². The largest absolute Gasteiger partial charge is 0.312 e. The Kier molecular flexibility index (Phi) is 5.71. The number of hydrogen-bond donors (Lipinski definition) is 1. The maximum absolute atomic E-state index is 3.75. The van der Waals surface area contributed by atoms with Gasteiger partial charge in [0.15, 0.2) is 0 Å². The molecule has 5 unspecified atom stereocenters. The third-order valence-corrected chi connectivity index (χ3v) is 7.60. The van der Waals surface area contributed by atoms with Crippen molar-refractivity contribution in [2.24, 2.45) is 0 Å². The fourth-order valence-corrected chi connectivity index (χ4v) is 6.48. The Balaban J connectivity index is 1.41. The maximum atomic E-state index is 3.75. The smallest absolute Gasteiger partial charge is 0.0264 e. The molecule has 5 atom stereocenters. The topological polar surface area (TPSA) is 21.8 Å². The van der Waals surface area contributed by atoms with Crippen LogP contribution in [0.2, 0.25) is 0 Å². The molecule has 4 heterocycles. The molecule has 4 fully saturated rings. The molecule has 144 valence electrons. The number of nitrogens with zero attached hydrogens (tertiary/aromatic N) is 3. The Bertz CT molecular complexity index is 440. The highest BCUT2D eigenvalue weighted by atomic mass is 15.3. The van der Waals surface area contributed by atoms with Crippen LogP contribution in [0.4, 0.5) is 0 Å². The molecule has 0 bridgehead atoms. The maximum Gasteiger partial charge on any atom is 0.0264 e. The summed E-state index contributed by atoms with van der Waals surface area (Å²) >= 11 is 0. The molecular weight excluding hydrogens is 308 g/mol. The van der Waals surface area contributed by atoms with Crippen molar-refractivity contribution in [3.8, 4) is 0 Å². The Labute approximate surface area is 155 Å². The molecule has 0 aliphatic carbocycles. The van der Waals surface area contributed by atoms with Crippen LogP contribution in [0, 0.1) is 0 Å². The van der Waals surface area contributed by atoms with Crippen LogP contribution in [-0.4, -0.2) is 83.7 Å². The summed E-state index contributed by atoms with van der Waals surface area (Å²) in [7, 11) is 0. The Morgan fingerprint density at radius 1 is 0.800 bits per heavy atom. The van der Waals surface area contributed by atoms with Crippen molar-refractivity contribution in [3.63, 3.8) is 0 Å². The first kappa shape index (κ1) is 18.2. The van der Waals surface area contributed by atoms with Crippen molar-refractivity contribution in [1.29, 1.82) is 0 Å². The van der Waals surface area contributed by atoms with Crippen molar-refractivity contribution < 1.29 is 0 Å². The summed E-state index contributed by atoms with van der Waals surface area (Å²) in [5.74, 6) is 0. The van der Waals surface area contributed by atoms with E-state index in [1.165, 1.54) is 77.7 Å². The Hall–Kier alpha value is -0.160. The fraction of sp³-hybridized carbons (Fsp3) is 1.00. The van der Waals surface area contributed by atoms with Gasteiger partial charge >= 0.3 is 0 Å². The SMILES string of the molecule is CC(C)N1CCCC2C1CCCN2CC(C)N1CCCC2NCCC21. The predicted octanol–water partition coefficient (Wildman–Crippen LogP) is 2.54. The fourth-order valence-electron chi connectivity index (χ4n) is 6.48. The van der Waals surface area contributed by atoms with E-state index in [4.69, 9.17) is 0 Å². The number of piperidine rings is 3. The first-order valence-electron chi connectivity index (χ1n) is 11.1. The Morgan fingerprint density at radius 3 is 2.36 bits per heavy atom. The molecule has 4 heteroatoms. The minimum absolute atomic E-state index is 0.706. The number of rotatable bonds is 4. The van der Waals surface area contributed by atoms with Crippen LogP contribution in [0.3, 0.4) is 0 Å². The van der Waals surface area contributed by atoms with Crippen LogP contribution in [0.15, 0.2) is 0 Å². The lowest BCUT2D eigenvalue weighted by atomic mass is 9.86. The van der Waals surface area contributed by atoms with Crippen molar-refractivity contribution in [2.45, 2.75) is 102 Å². The third kappa shape index (κ3) is 3.65. The van der Waals surface area contributed by atoms with Crippen molar-refractivity contribution >= 4 is 0 Å². The first-order valence-corrected chi connectivity index (χ1v) is 11.1. The van der Waals surface area contributed by atoms with Crippen LogP contribution in [-0.2, 0) is 0 Å². The van der Waals surface area contributed by atoms with Crippen LogP contribution >= 0.6 is 0 Å². The van der Waals surface area contributed by atoms with E-state index in [-0.39, 0.29) is 0 Å². The summed E-state index contributed by atoms with van der Waals surface area (Å²) in [5, 5.41) is 3.75. The molecule has 0 aromatic rings. The highest BCUT2D eigenvalue weighted by Gasteiger charge is 2.41. The lowest BCUT2D eigenvalue weighted by Crippen LogP contribution is -2.62. The van der Waals surface area contributed by atoms with E-state index >= 15 is 0 Å². The average molecular weight is 349 g/mol.